The normalized spacial score (nSPS) is 35.9. The fourth-order valence-electron chi connectivity index (χ4n) is 2.39. The van der Waals surface area contributed by atoms with Crippen molar-refractivity contribution in [2.75, 3.05) is 0 Å². The summed E-state index contributed by atoms with van der Waals surface area (Å²) in [5, 5.41) is 29.3. The minimum absolute atomic E-state index is 0.128. The van der Waals surface area contributed by atoms with Gasteiger partial charge >= 0.3 is 5.97 Å². The zero-order valence-electron chi connectivity index (χ0n) is 11.8. The number of aliphatic carboxylic acids is 1. The van der Waals surface area contributed by atoms with Crippen LogP contribution in [0.1, 0.15) is 34.1 Å². The zero-order chi connectivity index (χ0) is 14.7. The summed E-state index contributed by atoms with van der Waals surface area (Å²) in [6, 6.07) is 0. The van der Waals surface area contributed by atoms with E-state index in [2.05, 4.69) is 0 Å². The monoisotopic (exact) mass is 276 g/mol. The minimum atomic E-state index is -1.26. The van der Waals surface area contributed by atoms with Crippen LogP contribution in [-0.2, 0) is 14.3 Å². The summed E-state index contributed by atoms with van der Waals surface area (Å²) in [7, 11) is 0. The highest BCUT2D eigenvalue weighted by Crippen LogP contribution is 2.31. The van der Waals surface area contributed by atoms with Crippen LogP contribution in [0.15, 0.2) is 0 Å². The van der Waals surface area contributed by atoms with Gasteiger partial charge in [0, 0.05) is 0 Å². The molecular formula is C13H24O6. The zero-order valence-corrected chi connectivity index (χ0v) is 11.8. The van der Waals surface area contributed by atoms with E-state index in [0.717, 1.165) is 0 Å². The Balaban J connectivity index is 2.87. The fourth-order valence-corrected chi connectivity index (χ4v) is 2.39. The summed E-state index contributed by atoms with van der Waals surface area (Å²) in [6.07, 6.45) is -4.26. The molecule has 1 unspecified atom stereocenters. The molecule has 0 heterocycles. The van der Waals surface area contributed by atoms with E-state index in [1.165, 1.54) is 0 Å². The summed E-state index contributed by atoms with van der Waals surface area (Å²) < 4.78 is 10.9. The third kappa shape index (κ3) is 4.14. The lowest BCUT2D eigenvalue weighted by molar-refractivity contribution is -0.209. The van der Waals surface area contributed by atoms with Crippen LogP contribution in [0.3, 0.4) is 0 Å². The van der Waals surface area contributed by atoms with Gasteiger partial charge in [0.05, 0.1) is 30.3 Å². The molecule has 1 rings (SSSR count). The summed E-state index contributed by atoms with van der Waals surface area (Å²) in [6.45, 7) is 7.11. The van der Waals surface area contributed by atoms with E-state index in [-0.39, 0.29) is 18.6 Å². The lowest BCUT2D eigenvalue weighted by Crippen LogP contribution is -2.57. The first-order valence-corrected chi connectivity index (χ1v) is 6.63. The molecule has 0 aliphatic heterocycles. The van der Waals surface area contributed by atoms with Crippen LogP contribution in [0.4, 0.5) is 0 Å². The number of hydrogen-bond acceptors (Lipinski definition) is 5. The lowest BCUT2D eigenvalue weighted by atomic mass is 9.80. The molecule has 0 aromatic rings. The Bertz CT molecular complexity index is 304. The van der Waals surface area contributed by atoms with Crippen molar-refractivity contribution in [3.8, 4) is 0 Å². The lowest BCUT2D eigenvalue weighted by Gasteiger charge is -2.41. The van der Waals surface area contributed by atoms with E-state index < -0.39 is 36.3 Å². The molecule has 0 aromatic heterocycles. The van der Waals surface area contributed by atoms with Gasteiger partial charge in [-0.05, 0) is 34.1 Å². The third-order valence-electron chi connectivity index (χ3n) is 3.14. The summed E-state index contributed by atoms with van der Waals surface area (Å²) in [5.41, 5.74) is 0. The molecule has 112 valence electrons. The third-order valence-corrected chi connectivity index (χ3v) is 3.14. The minimum Gasteiger partial charge on any atom is -0.481 e. The second kappa shape index (κ2) is 6.65. The van der Waals surface area contributed by atoms with E-state index in [9.17, 15) is 20.1 Å². The first-order valence-electron chi connectivity index (χ1n) is 6.63. The van der Waals surface area contributed by atoms with Crippen molar-refractivity contribution in [3.63, 3.8) is 0 Å². The van der Waals surface area contributed by atoms with Crippen LogP contribution in [0.2, 0.25) is 0 Å². The van der Waals surface area contributed by atoms with Gasteiger partial charge in [-0.3, -0.25) is 4.79 Å². The van der Waals surface area contributed by atoms with Crippen molar-refractivity contribution >= 4 is 5.97 Å². The topological polar surface area (TPSA) is 96.2 Å². The van der Waals surface area contributed by atoms with E-state index in [0.29, 0.717) is 0 Å². The summed E-state index contributed by atoms with van der Waals surface area (Å²) in [4.78, 5) is 11.3. The number of carboxylic acid groups (broad SMARTS) is 1. The van der Waals surface area contributed by atoms with E-state index >= 15 is 0 Å². The molecule has 1 fully saturated rings. The molecule has 6 nitrogen and oxygen atoms in total. The number of rotatable bonds is 5. The Morgan fingerprint density at radius 1 is 1.05 bits per heavy atom. The highest BCUT2D eigenvalue weighted by molar-refractivity contribution is 5.71. The van der Waals surface area contributed by atoms with Gasteiger partial charge in [-0.2, -0.15) is 0 Å². The highest BCUT2D eigenvalue weighted by Gasteiger charge is 2.48. The quantitative estimate of drug-likeness (QED) is 0.672. The van der Waals surface area contributed by atoms with Crippen molar-refractivity contribution in [2.45, 2.75) is 70.7 Å². The van der Waals surface area contributed by atoms with Crippen LogP contribution < -0.4 is 0 Å². The largest absolute Gasteiger partial charge is 0.481 e. The molecule has 0 amide bonds. The molecule has 1 saturated carbocycles. The molecule has 19 heavy (non-hydrogen) atoms. The Labute approximate surface area is 113 Å². The number of aliphatic hydroxyl groups excluding tert-OH is 2. The van der Waals surface area contributed by atoms with Crippen LogP contribution in [0, 0.1) is 5.92 Å². The Morgan fingerprint density at radius 3 is 2.00 bits per heavy atom. The average Bonchev–Trinajstić information content (AvgIpc) is 2.27. The van der Waals surface area contributed by atoms with Crippen LogP contribution in [0.5, 0.6) is 0 Å². The van der Waals surface area contributed by atoms with Crippen LogP contribution in [-0.4, -0.2) is 57.9 Å². The Kier molecular flexibility index (Phi) is 5.73. The maximum atomic E-state index is 11.3. The molecule has 0 radical (unpaired) electrons. The molecule has 1 aliphatic carbocycles. The average molecular weight is 276 g/mol. The molecular weight excluding hydrogens is 252 g/mol. The predicted molar refractivity (Wildman–Crippen MR) is 67.8 cm³/mol. The van der Waals surface area contributed by atoms with Crippen molar-refractivity contribution in [2.24, 2.45) is 5.92 Å². The van der Waals surface area contributed by atoms with Crippen molar-refractivity contribution in [1.82, 2.24) is 0 Å². The maximum absolute atomic E-state index is 11.3. The van der Waals surface area contributed by atoms with Crippen LogP contribution >= 0.6 is 0 Å². The van der Waals surface area contributed by atoms with E-state index in [1.54, 1.807) is 27.7 Å². The summed E-state index contributed by atoms with van der Waals surface area (Å²) >= 11 is 0. The number of aliphatic hydroxyl groups is 2. The van der Waals surface area contributed by atoms with Gasteiger partial charge in [-0.1, -0.05) is 0 Å². The van der Waals surface area contributed by atoms with Crippen molar-refractivity contribution in [3.05, 3.63) is 0 Å². The SMILES string of the molecule is CC(C)O[C@@H]1C(C(=O)O)C[C@@H](OC(C)C)[C@@H](O)[C@H]1O. The van der Waals surface area contributed by atoms with Crippen molar-refractivity contribution in [1.29, 1.82) is 0 Å². The van der Waals surface area contributed by atoms with E-state index in [4.69, 9.17) is 9.47 Å². The predicted octanol–water partition coefficient (Wildman–Crippen LogP) is 0.400. The molecule has 0 saturated heterocycles. The summed E-state index contributed by atoms with van der Waals surface area (Å²) in [5.74, 6) is -1.93. The van der Waals surface area contributed by atoms with Gasteiger partial charge in [0.1, 0.15) is 12.2 Å². The number of hydrogen-bond donors (Lipinski definition) is 3. The fraction of sp³-hybridized carbons (Fsp3) is 0.923. The molecule has 1 aliphatic rings. The molecule has 3 N–H and O–H groups in total. The molecule has 0 bridgehead atoms. The second-order valence-electron chi connectivity index (χ2n) is 5.53. The first-order chi connectivity index (χ1) is 8.73. The highest BCUT2D eigenvalue weighted by atomic mass is 16.5. The number of ether oxygens (including phenoxy) is 2. The van der Waals surface area contributed by atoms with Gasteiger partial charge in [-0.25, -0.2) is 0 Å². The van der Waals surface area contributed by atoms with Crippen LogP contribution in [0.25, 0.3) is 0 Å². The smallest absolute Gasteiger partial charge is 0.309 e. The van der Waals surface area contributed by atoms with Gasteiger partial charge in [0.15, 0.2) is 0 Å². The maximum Gasteiger partial charge on any atom is 0.309 e. The standard InChI is InChI=1S/C13H24O6/c1-6(2)18-9-5-8(13(16)17)12(19-7(3)4)11(15)10(9)14/h6-12,14-15H,5H2,1-4H3,(H,16,17)/t8?,9-,10-,11-,12-/m1/s1. The first kappa shape index (κ1) is 16.4. The van der Waals surface area contributed by atoms with Gasteiger partial charge in [0.25, 0.3) is 0 Å². The molecule has 0 aromatic carbocycles. The molecule has 0 spiro atoms. The number of carboxylic acids is 1. The number of carbonyl (C=O) groups is 1. The van der Waals surface area contributed by atoms with Gasteiger partial charge < -0.3 is 24.8 Å². The van der Waals surface area contributed by atoms with Crippen molar-refractivity contribution < 1.29 is 29.6 Å². The Hall–Kier alpha value is -0.690. The van der Waals surface area contributed by atoms with Gasteiger partial charge in [0.2, 0.25) is 0 Å². The van der Waals surface area contributed by atoms with E-state index in [1.807, 2.05) is 0 Å². The molecule has 6 heteroatoms. The second-order valence-corrected chi connectivity index (χ2v) is 5.53. The molecule has 5 atom stereocenters. The Morgan fingerprint density at radius 2 is 1.58 bits per heavy atom. The van der Waals surface area contributed by atoms with Gasteiger partial charge in [-0.15, -0.1) is 0 Å².